The third-order valence-electron chi connectivity index (χ3n) is 6.09. The molecule has 0 aliphatic carbocycles. The Labute approximate surface area is 188 Å². The Kier molecular flexibility index (Phi) is 7.02. The Morgan fingerprint density at radius 1 is 1.22 bits per heavy atom. The summed E-state index contributed by atoms with van der Waals surface area (Å²) >= 11 is 0. The van der Waals surface area contributed by atoms with Crippen LogP contribution in [0.1, 0.15) is 34.8 Å². The Balaban J connectivity index is 1.22. The lowest BCUT2D eigenvalue weighted by molar-refractivity contribution is -0.134. The fourth-order valence-electron chi connectivity index (χ4n) is 4.24. The molecule has 4 rings (SSSR count). The summed E-state index contributed by atoms with van der Waals surface area (Å²) in [5, 5.41) is 16.5. The van der Waals surface area contributed by atoms with E-state index in [0.717, 1.165) is 19.5 Å². The molecule has 2 amide bonds. The number of rotatable bonds is 8. The predicted octanol–water partition coefficient (Wildman–Crippen LogP) is 1.26. The number of carbonyl (C=O) groups excluding carboxylic acids is 2. The molecule has 8 nitrogen and oxygen atoms in total. The summed E-state index contributed by atoms with van der Waals surface area (Å²) in [5.74, 6) is 0.519. The van der Waals surface area contributed by atoms with Crippen molar-refractivity contribution in [2.24, 2.45) is 0 Å². The number of hydrogen-bond acceptors (Lipinski definition) is 6. The third-order valence-corrected chi connectivity index (χ3v) is 6.09. The van der Waals surface area contributed by atoms with Gasteiger partial charge in [-0.1, -0.05) is 31.2 Å². The Bertz CT molecular complexity index is 960. The zero-order valence-corrected chi connectivity index (χ0v) is 18.5. The van der Waals surface area contributed by atoms with Crippen LogP contribution in [-0.4, -0.2) is 76.6 Å². The van der Waals surface area contributed by atoms with Gasteiger partial charge in [0, 0.05) is 57.4 Å². The van der Waals surface area contributed by atoms with E-state index >= 15 is 0 Å². The van der Waals surface area contributed by atoms with Gasteiger partial charge in [-0.2, -0.15) is 0 Å². The number of nitrogens with zero attached hydrogens (tertiary/aromatic N) is 3. The van der Waals surface area contributed by atoms with Crippen LogP contribution in [0.25, 0.3) is 0 Å². The van der Waals surface area contributed by atoms with Crippen LogP contribution >= 0.6 is 0 Å². The highest BCUT2D eigenvalue weighted by Crippen LogP contribution is 2.19. The van der Waals surface area contributed by atoms with E-state index in [9.17, 15) is 14.7 Å². The van der Waals surface area contributed by atoms with E-state index in [1.807, 2.05) is 13.0 Å². The second-order valence-corrected chi connectivity index (χ2v) is 8.54. The van der Waals surface area contributed by atoms with Gasteiger partial charge in [-0.15, -0.1) is 0 Å². The molecule has 0 spiro atoms. The van der Waals surface area contributed by atoms with Crippen molar-refractivity contribution in [3.63, 3.8) is 0 Å². The summed E-state index contributed by atoms with van der Waals surface area (Å²) in [6.07, 6.45) is 2.44. The number of amides is 2. The molecule has 3 heterocycles. The lowest BCUT2D eigenvalue weighted by Crippen LogP contribution is -2.56. The van der Waals surface area contributed by atoms with Gasteiger partial charge in [-0.05, 0) is 29.7 Å². The molecular formula is C24H31N5O3. The van der Waals surface area contributed by atoms with E-state index < -0.39 is 6.10 Å². The normalized spacial score (nSPS) is 17.2. The van der Waals surface area contributed by atoms with Gasteiger partial charge in [0.05, 0.1) is 12.1 Å². The minimum Gasteiger partial charge on any atom is -0.390 e. The standard InChI is InChI=1S/C24H31N5O3/c1-2-23(31)29-14-20(15-29)27-22-11-18(7-9-25-22)24(32)26-12-21(30)16-28-10-8-17-5-3-4-6-19(17)13-28/h3-7,9,11,20-21,30H,2,8,10,12-16H2,1H3,(H,25,27)(H,26,32). The predicted molar refractivity (Wildman–Crippen MR) is 122 cm³/mol. The summed E-state index contributed by atoms with van der Waals surface area (Å²) in [5.41, 5.74) is 3.17. The van der Waals surface area contributed by atoms with E-state index in [2.05, 4.69) is 38.7 Å². The maximum absolute atomic E-state index is 12.6. The summed E-state index contributed by atoms with van der Waals surface area (Å²) in [6.45, 7) is 5.60. The average Bonchev–Trinajstić information content (AvgIpc) is 2.79. The number of fused-ring (bicyclic) bond motifs is 1. The van der Waals surface area contributed by atoms with Crippen molar-refractivity contribution in [2.45, 2.75) is 38.5 Å². The van der Waals surface area contributed by atoms with Crippen molar-refractivity contribution < 1.29 is 14.7 Å². The summed E-state index contributed by atoms with van der Waals surface area (Å²) in [4.78, 5) is 32.5. The first kappa shape index (κ1) is 22.2. The molecule has 2 aliphatic heterocycles. The zero-order chi connectivity index (χ0) is 22.5. The summed E-state index contributed by atoms with van der Waals surface area (Å²) in [7, 11) is 0. The van der Waals surface area contributed by atoms with Gasteiger partial charge in [0.25, 0.3) is 5.91 Å². The lowest BCUT2D eigenvalue weighted by atomic mass is 10.00. The van der Waals surface area contributed by atoms with Gasteiger partial charge in [0.1, 0.15) is 5.82 Å². The molecule has 2 aliphatic rings. The minimum atomic E-state index is -0.638. The second-order valence-electron chi connectivity index (χ2n) is 8.54. The van der Waals surface area contributed by atoms with Crippen LogP contribution in [0, 0.1) is 0 Å². The fourth-order valence-corrected chi connectivity index (χ4v) is 4.24. The van der Waals surface area contributed by atoms with Crippen LogP contribution in [0.2, 0.25) is 0 Å². The molecule has 1 atom stereocenters. The smallest absolute Gasteiger partial charge is 0.251 e. The zero-order valence-electron chi connectivity index (χ0n) is 18.5. The molecule has 170 valence electrons. The molecule has 1 aromatic heterocycles. The first-order valence-corrected chi connectivity index (χ1v) is 11.3. The van der Waals surface area contributed by atoms with E-state index in [0.29, 0.717) is 37.4 Å². The van der Waals surface area contributed by atoms with Crippen molar-refractivity contribution >= 4 is 17.6 Å². The van der Waals surface area contributed by atoms with Crippen molar-refractivity contribution in [1.82, 2.24) is 20.1 Å². The van der Waals surface area contributed by atoms with Gasteiger partial charge in [0.2, 0.25) is 5.91 Å². The largest absolute Gasteiger partial charge is 0.390 e. The van der Waals surface area contributed by atoms with Crippen LogP contribution in [0.5, 0.6) is 0 Å². The number of pyridine rings is 1. The number of anilines is 1. The number of aromatic nitrogens is 1. The van der Waals surface area contributed by atoms with E-state index in [-0.39, 0.29) is 24.4 Å². The SMILES string of the molecule is CCC(=O)N1CC(Nc2cc(C(=O)NCC(O)CN3CCc4ccccc4C3)ccn2)C1. The van der Waals surface area contributed by atoms with Gasteiger partial charge in [-0.25, -0.2) is 4.98 Å². The highest BCUT2D eigenvalue weighted by molar-refractivity contribution is 5.94. The number of aliphatic hydroxyl groups excluding tert-OH is 1. The van der Waals surface area contributed by atoms with Crippen molar-refractivity contribution in [3.05, 3.63) is 59.3 Å². The highest BCUT2D eigenvalue weighted by atomic mass is 16.3. The molecule has 3 N–H and O–H groups in total. The molecule has 1 fully saturated rings. The van der Waals surface area contributed by atoms with Gasteiger partial charge in [-0.3, -0.25) is 14.5 Å². The minimum absolute atomic E-state index is 0.146. The Hall–Kier alpha value is -2.97. The third kappa shape index (κ3) is 5.44. The molecule has 0 saturated carbocycles. The number of likely N-dealkylation sites (tertiary alicyclic amines) is 1. The highest BCUT2D eigenvalue weighted by Gasteiger charge is 2.29. The quantitative estimate of drug-likeness (QED) is 0.575. The van der Waals surface area contributed by atoms with Gasteiger partial charge in [0.15, 0.2) is 0 Å². The van der Waals surface area contributed by atoms with Gasteiger partial charge >= 0.3 is 0 Å². The van der Waals surface area contributed by atoms with Crippen LogP contribution < -0.4 is 10.6 Å². The van der Waals surface area contributed by atoms with Crippen molar-refractivity contribution in [1.29, 1.82) is 0 Å². The molecule has 8 heteroatoms. The first-order valence-electron chi connectivity index (χ1n) is 11.3. The van der Waals surface area contributed by atoms with E-state index in [4.69, 9.17) is 0 Å². The summed E-state index contributed by atoms with van der Waals surface area (Å²) < 4.78 is 0. The van der Waals surface area contributed by atoms with Crippen LogP contribution in [0.3, 0.4) is 0 Å². The second kappa shape index (κ2) is 10.1. The van der Waals surface area contributed by atoms with Crippen LogP contribution in [-0.2, 0) is 17.8 Å². The molecular weight excluding hydrogens is 406 g/mol. The van der Waals surface area contributed by atoms with E-state index in [1.165, 1.54) is 11.1 Å². The summed E-state index contributed by atoms with van der Waals surface area (Å²) in [6, 6.07) is 11.9. The average molecular weight is 438 g/mol. The van der Waals surface area contributed by atoms with Crippen LogP contribution in [0.4, 0.5) is 5.82 Å². The van der Waals surface area contributed by atoms with Crippen LogP contribution in [0.15, 0.2) is 42.6 Å². The Morgan fingerprint density at radius 3 is 2.78 bits per heavy atom. The molecule has 1 saturated heterocycles. The monoisotopic (exact) mass is 437 g/mol. The number of benzene rings is 1. The number of hydrogen-bond donors (Lipinski definition) is 3. The van der Waals surface area contributed by atoms with E-state index in [1.54, 1.807) is 23.2 Å². The topological polar surface area (TPSA) is 97.8 Å². The fraction of sp³-hybridized carbons (Fsp3) is 0.458. The maximum Gasteiger partial charge on any atom is 0.251 e. The Morgan fingerprint density at radius 2 is 2.00 bits per heavy atom. The molecule has 0 bridgehead atoms. The maximum atomic E-state index is 12.6. The molecule has 1 aromatic carbocycles. The molecule has 32 heavy (non-hydrogen) atoms. The molecule has 1 unspecified atom stereocenters. The number of β-amino-alcohol motifs (C(OH)–C–C–N with tert-alkyl or cyclic N) is 1. The van der Waals surface area contributed by atoms with Crippen molar-refractivity contribution in [3.8, 4) is 0 Å². The molecule has 2 aromatic rings. The number of nitrogens with one attached hydrogen (secondary N) is 2. The van der Waals surface area contributed by atoms with Crippen molar-refractivity contribution in [2.75, 3.05) is 38.0 Å². The number of aliphatic hydroxyl groups is 1. The molecule has 0 radical (unpaired) electrons. The number of carbonyl (C=O) groups is 2. The van der Waals surface area contributed by atoms with Gasteiger partial charge < -0.3 is 20.6 Å². The lowest BCUT2D eigenvalue weighted by Gasteiger charge is -2.39. The first-order chi connectivity index (χ1) is 15.5.